The van der Waals surface area contributed by atoms with E-state index < -0.39 is 0 Å². The Kier molecular flexibility index (Phi) is 2.86. The van der Waals surface area contributed by atoms with Gasteiger partial charge in [-0.2, -0.15) is 0 Å². The van der Waals surface area contributed by atoms with Crippen LogP contribution in [-0.2, 0) is 4.79 Å². The number of carbonyl (C=O) groups is 1. The second kappa shape index (κ2) is 4.86. The number of fused-ring (bicyclic) bond motifs is 1. The molecule has 0 bridgehead atoms. The van der Waals surface area contributed by atoms with E-state index in [1.165, 1.54) is 11.8 Å². The van der Waals surface area contributed by atoms with Crippen molar-refractivity contribution < 1.29 is 4.79 Å². The van der Waals surface area contributed by atoms with Crippen molar-refractivity contribution in [3.63, 3.8) is 0 Å². The van der Waals surface area contributed by atoms with Crippen molar-refractivity contribution in [2.75, 3.05) is 5.75 Å². The van der Waals surface area contributed by atoms with Crippen LogP contribution in [0.2, 0.25) is 0 Å². The van der Waals surface area contributed by atoms with Gasteiger partial charge in [0.05, 0.1) is 16.8 Å². The summed E-state index contributed by atoms with van der Waals surface area (Å²) < 4.78 is 0. The third kappa shape index (κ3) is 2.25. The lowest BCUT2D eigenvalue weighted by atomic mass is 10.1. The lowest BCUT2D eigenvalue weighted by molar-refractivity contribution is -0.115. The van der Waals surface area contributed by atoms with E-state index in [-0.39, 0.29) is 5.91 Å². The van der Waals surface area contributed by atoms with Crippen LogP contribution in [0.4, 0.5) is 0 Å². The molecule has 2 aromatic carbocycles. The molecule has 0 aliphatic carbocycles. The van der Waals surface area contributed by atoms with Gasteiger partial charge in [-0.1, -0.05) is 48.2 Å². The number of benzene rings is 2. The zero-order valence-electron chi connectivity index (χ0n) is 11.0. The number of hydrogen-bond acceptors (Lipinski definition) is 3. The number of nitrogens with zero attached hydrogens (tertiary/aromatic N) is 2. The van der Waals surface area contributed by atoms with Crippen LogP contribution in [0.3, 0.4) is 0 Å². The Morgan fingerprint density at radius 1 is 1.00 bits per heavy atom. The van der Waals surface area contributed by atoms with Crippen LogP contribution in [0.5, 0.6) is 0 Å². The number of H-pyrrole nitrogens is 1. The van der Waals surface area contributed by atoms with Crippen LogP contribution < -0.4 is 0 Å². The molecule has 0 spiro atoms. The van der Waals surface area contributed by atoms with Gasteiger partial charge < -0.3 is 4.98 Å². The highest BCUT2D eigenvalue weighted by Gasteiger charge is 2.16. The summed E-state index contributed by atoms with van der Waals surface area (Å²) in [6, 6.07) is 15.9. The van der Waals surface area contributed by atoms with Crippen molar-refractivity contribution in [3.05, 3.63) is 54.1 Å². The van der Waals surface area contributed by atoms with Crippen molar-refractivity contribution in [1.29, 1.82) is 0 Å². The van der Waals surface area contributed by atoms with Gasteiger partial charge in [-0.3, -0.25) is 4.79 Å². The molecule has 1 amide bonds. The molecule has 5 heteroatoms. The van der Waals surface area contributed by atoms with Gasteiger partial charge in [-0.25, -0.2) is 9.98 Å². The van der Waals surface area contributed by atoms with E-state index in [1.807, 2.05) is 48.5 Å². The number of aromatic amines is 1. The van der Waals surface area contributed by atoms with Gasteiger partial charge in [0.25, 0.3) is 5.91 Å². The molecule has 0 atom stereocenters. The fourth-order valence-corrected chi connectivity index (χ4v) is 3.11. The molecule has 1 aliphatic rings. The van der Waals surface area contributed by atoms with E-state index in [1.54, 1.807) is 0 Å². The van der Waals surface area contributed by atoms with Gasteiger partial charge >= 0.3 is 0 Å². The standard InChI is InChI=1S/C16H11N3OS/c20-14-9-21-16(19-14)11-7-5-10(6-8-11)15-17-12-3-1-2-4-13(12)18-15/h1-8H,9H2,(H,17,18). The maximum atomic E-state index is 11.2. The molecule has 0 saturated carbocycles. The summed E-state index contributed by atoms with van der Waals surface area (Å²) in [4.78, 5) is 23.1. The van der Waals surface area contributed by atoms with Gasteiger partial charge in [0.2, 0.25) is 0 Å². The Hall–Kier alpha value is -2.40. The second-order valence-electron chi connectivity index (χ2n) is 4.78. The first-order valence-electron chi connectivity index (χ1n) is 6.59. The van der Waals surface area contributed by atoms with Gasteiger partial charge in [0, 0.05) is 11.1 Å². The summed E-state index contributed by atoms with van der Waals surface area (Å²) in [7, 11) is 0. The smallest absolute Gasteiger partial charge is 0.257 e. The predicted molar refractivity (Wildman–Crippen MR) is 85.5 cm³/mol. The topological polar surface area (TPSA) is 58.1 Å². The zero-order valence-corrected chi connectivity index (χ0v) is 11.9. The average Bonchev–Trinajstić information content (AvgIpc) is 3.13. The molecular formula is C16H11N3OS. The van der Waals surface area contributed by atoms with E-state index in [2.05, 4.69) is 15.0 Å². The van der Waals surface area contributed by atoms with E-state index in [0.717, 1.165) is 33.0 Å². The third-order valence-corrected chi connectivity index (χ3v) is 4.34. The lowest BCUT2D eigenvalue weighted by Gasteiger charge is -2.01. The minimum absolute atomic E-state index is 0.0589. The molecule has 1 N–H and O–H groups in total. The highest BCUT2D eigenvalue weighted by molar-refractivity contribution is 8.15. The molecule has 3 aromatic rings. The monoisotopic (exact) mass is 293 g/mol. The van der Waals surface area contributed by atoms with Crippen molar-refractivity contribution in [3.8, 4) is 11.4 Å². The van der Waals surface area contributed by atoms with Crippen molar-refractivity contribution in [1.82, 2.24) is 9.97 Å². The number of carbonyl (C=O) groups excluding carboxylic acids is 1. The average molecular weight is 293 g/mol. The Morgan fingerprint density at radius 2 is 1.76 bits per heavy atom. The number of amides is 1. The van der Waals surface area contributed by atoms with Crippen LogP contribution >= 0.6 is 11.8 Å². The molecule has 1 aliphatic heterocycles. The summed E-state index contributed by atoms with van der Waals surface area (Å²) in [6.07, 6.45) is 0. The van der Waals surface area contributed by atoms with Crippen LogP contribution in [0.1, 0.15) is 5.56 Å². The van der Waals surface area contributed by atoms with E-state index in [4.69, 9.17) is 0 Å². The van der Waals surface area contributed by atoms with Crippen molar-refractivity contribution >= 4 is 33.7 Å². The third-order valence-electron chi connectivity index (χ3n) is 3.35. The molecule has 4 nitrogen and oxygen atoms in total. The Bertz CT molecular complexity index is 832. The second-order valence-corrected chi connectivity index (χ2v) is 5.74. The molecule has 102 valence electrons. The summed E-state index contributed by atoms with van der Waals surface area (Å²) >= 11 is 1.49. The molecule has 0 fully saturated rings. The largest absolute Gasteiger partial charge is 0.338 e. The molecule has 0 radical (unpaired) electrons. The molecule has 2 heterocycles. The number of nitrogens with one attached hydrogen (secondary N) is 1. The number of thioether (sulfide) groups is 1. The lowest BCUT2D eigenvalue weighted by Crippen LogP contribution is -1.91. The summed E-state index contributed by atoms with van der Waals surface area (Å²) in [5, 5.41) is 0.802. The van der Waals surface area contributed by atoms with Gasteiger partial charge in [0.15, 0.2) is 0 Å². The Labute approximate surface area is 125 Å². The van der Waals surface area contributed by atoms with Crippen molar-refractivity contribution in [2.24, 2.45) is 4.99 Å². The molecule has 1 aromatic heterocycles. The molecule has 0 unspecified atom stereocenters. The number of imidazole rings is 1. The maximum Gasteiger partial charge on any atom is 0.257 e. The first-order valence-corrected chi connectivity index (χ1v) is 7.58. The number of aliphatic imine (C=N–C) groups is 1. The normalized spacial score (nSPS) is 14.7. The number of aromatic nitrogens is 2. The fourth-order valence-electron chi connectivity index (χ4n) is 2.32. The summed E-state index contributed by atoms with van der Waals surface area (Å²) in [6.45, 7) is 0. The zero-order chi connectivity index (χ0) is 14.2. The van der Waals surface area contributed by atoms with Gasteiger partial charge in [-0.15, -0.1) is 0 Å². The first kappa shape index (κ1) is 12.3. The fraction of sp³-hybridized carbons (Fsp3) is 0.0625. The molecule has 21 heavy (non-hydrogen) atoms. The van der Waals surface area contributed by atoms with Crippen molar-refractivity contribution in [2.45, 2.75) is 0 Å². The predicted octanol–water partition coefficient (Wildman–Crippen LogP) is 3.25. The molecule has 0 saturated heterocycles. The highest BCUT2D eigenvalue weighted by Crippen LogP contribution is 2.24. The molecular weight excluding hydrogens is 282 g/mol. The van der Waals surface area contributed by atoms with Crippen LogP contribution in [0.15, 0.2) is 53.5 Å². The molecule has 4 rings (SSSR count). The quantitative estimate of drug-likeness (QED) is 0.789. The summed E-state index contributed by atoms with van der Waals surface area (Å²) in [5.41, 5.74) is 3.98. The summed E-state index contributed by atoms with van der Waals surface area (Å²) in [5.74, 6) is 1.23. The van der Waals surface area contributed by atoms with Crippen LogP contribution in [0.25, 0.3) is 22.4 Å². The van der Waals surface area contributed by atoms with Crippen LogP contribution in [-0.4, -0.2) is 26.7 Å². The SMILES string of the molecule is O=C1CSC(c2ccc(-c3nc4ccccc4[nH]3)cc2)=N1. The Balaban J connectivity index is 1.70. The number of para-hydroxylation sites is 2. The van der Waals surface area contributed by atoms with E-state index in [0.29, 0.717) is 5.75 Å². The minimum atomic E-state index is -0.0589. The van der Waals surface area contributed by atoms with Gasteiger partial charge in [0.1, 0.15) is 10.9 Å². The minimum Gasteiger partial charge on any atom is -0.338 e. The maximum absolute atomic E-state index is 11.2. The van der Waals surface area contributed by atoms with E-state index in [9.17, 15) is 4.79 Å². The highest BCUT2D eigenvalue weighted by atomic mass is 32.2. The van der Waals surface area contributed by atoms with Crippen LogP contribution in [0, 0.1) is 0 Å². The Morgan fingerprint density at radius 3 is 2.48 bits per heavy atom. The number of hydrogen-bond donors (Lipinski definition) is 1. The van der Waals surface area contributed by atoms with Gasteiger partial charge in [-0.05, 0) is 12.1 Å². The first-order chi connectivity index (χ1) is 10.3. The number of rotatable bonds is 2. The van der Waals surface area contributed by atoms with E-state index >= 15 is 0 Å².